The predicted octanol–water partition coefficient (Wildman–Crippen LogP) is 7.85. The Morgan fingerprint density at radius 3 is 2.05 bits per heavy atom. The summed E-state index contributed by atoms with van der Waals surface area (Å²) in [5.74, 6) is 3.81. The molecular formula is C58H47N7O10. The molecule has 7 aromatic rings. The highest BCUT2D eigenvalue weighted by Gasteiger charge is 2.76. The number of benzene rings is 6. The van der Waals surface area contributed by atoms with Gasteiger partial charge < -0.3 is 29.1 Å². The molecule has 17 nitrogen and oxygen atoms in total. The van der Waals surface area contributed by atoms with E-state index in [1.54, 1.807) is 85.1 Å². The Bertz CT molecular complexity index is 3370. The third kappa shape index (κ3) is 8.60. The maximum absolute atomic E-state index is 16.7. The number of hydrogen-bond donors (Lipinski definition) is 1. The monoisotopic (exact) mass is 1000 g/mol. The van der Waals surface area contributed by atoms with Crippen LogP contribution >= 0.6 is 0 Å². The first-order valence-electron chi connectivity index (χ1n) is 24.3. The highest BCUT2D eigenvalue weighted by molar-refractivity contribution is 6.23. The Morgan fingerprint density at radius 2 is 1.40 bits per heavy atom. The number of hydrogen-bond acceptors (Lipinski definition) is 14. The number of phenolic OH excluding ortho intramolecular Hbond substituents is 1. The van der Waals surface area contributed by atoms with Gasteiger partial charge in [0.2, 0.25) is 17.8 Å². The van der Waals surface area contributed by atoms with Crippen molar-refractivity contribution < 1.29 is 43.4 Å². The lowest BCUT2D eigenvalue weighted by atomic mass is 9.65. The van der Waals surface area contributed by atoms with Crippen molar-refractivity contribution in [3.05, 3.63) is 219 Å². The van der Waals surface area contributed by atoms with Gasteiger partial charge in [0.05, 0.1) is 35.7 Å². The molecule has 75 heavy (non-hydrogen) atoms. The average molecular weight is 1000 g/mol. The largest absolute Gasteiger partial charge is 0.508 e. The molecule has 17 heteroatoms. The molecule has 11 rings (SSSR count). The van der Waals surface area contributed by atoms with Gasteiger partial charge >= 0.3 is 12.1 Å². The van der Waals surface area contributed by atoms with Gasteiger partial charge in [0.15, 0.2) is 0 Å². The maximum atomic E-state index is 16.7. The Balaban J connectivity index is 1.14. The molecule has 374 valence electrons. The van der Waals surface area contributed by atoms with Gasteiger partial charge in [-0.15, -0.1) is 0 Å². The van der Waals surface area contributed by atoms with Crippen LogP contribution in [0.4, 0.5) is 22.1 Å². The van der Waals surface area contributed by atoms with Crippen molar-refractivity contribution >= 4 is 41.2 Å². The number of non-ortho nitro benzene ring substituents is 1. The smallest absolute Gasteiger partial charge is 0.421 e. The number of aromatic hydroxyl groups is 1. The number of nitro groups is 1. The number of cyclic esters (lactones) is 1. The normalized spacial score (nSPS) is 21.9. The van der Waals surface area contributed by atoms with Crippen LogP contribution in [0.1, 0.15) is 57.1 Å². The number of aromatic nitrogens is 2. The van der Waals surface area contributed by atoms with Gasteiger partial charge in [-0.3, -0.25) is 29.4 Å². The number of fused-ring (bicyclic) bond motifs is 3. The van der Waals surface area contributed by atoms with Gasteiger partial charge in [-0.05, 0) is 101 Å². The Labute approximate surface area is 430 Å². The molecule has 0 bridgehead atoms. The Morgan fingerprint density at radius 1 is 0.760 bits per heavy atom. The zero-order valence-electron chi connectivity index (χ0n) is 40.3. The number of rotatable bonds is 9. The van der Waals surface area contributed by atoms with Crippen molar-refractivity contribution in [1.29, 1.82) is 0 Å². The van der Waals surface area contributed by atoms with Gasteiger partial charge in [0, 0.05) is 61.8 Å². The highest BCUT2D eigenvalue weighted by Crippen LogP contribution is 2.66. The van der Waals surface area contributed by atoms with Crippen molar-refractivity contribution in [1.82, 2.24) is 19.8 Å². The second-order valence-electron chi connectivity index (χ2n) is 18.5. The molecule has 5 heterocycles. The van der Waals surface area contributed by atoms with Gasteiger partial charge in [0.1, 0.15) is 35.7 Å². The second-order valence-corrected chi connectivity index (χ2v) is 18.5. The lowest BCUT2D eigenvalue weighted by molar-refractivity contribution is -0.384. The van der Waals surface area contributed by atoms with Gasteiger partial charge in [0.25, 0.3) is 5.69 Å². The van der Waals surface area contributed by atoms with E-state index in [1.807, 2.05) is 70.5 Å². The molecule has 3 fully saturated rings. The minimum atomic E-state index is -2.12. The summed E-state index contributed by atoms with van der Waals surface area (Å²) in [6.07, 6.45) is 1.23. The molecule has 0 aliphatic carbocycles. The van der Waals surface area contributed by atoms with E-state index < -0.39 is 64.4 Å². The molecule has 1 spiro atoms. The number of amides is 3. The van der Waals surface area contributed by atoms with Gasteiger partial charge in [-0.2, -0.15) is 0 Å². The molecule has 6 atom stereocenters. The zero-order chi connectivity index (χ0) is 51.8. The molecule has 0 radical (unpaired) electrons. The van der Waals surface area contributed by atoms with Crippen LogP contribution in [0, 0.1) is 27.9 Å². The number of esters is 1. The number of imide groups is 1. The van der Waals surface area contributed by atoms with Crippen LogP contribution in [-0.4, -0.2) is 93.0 Å². The van der Waals surface area contributed by atoms with E-state index in [4.69, 9.17) is 14.2 Å². The summed E-state index contributed by atoms with van der Waals surface area (Å²) in [5, 5.41) is 22.3. The van der Waals surface area contributed by atoms with Crippen LogP contribution in [0.5, 0.6) is 11.5 Å². The lowest BCUT2D eigenvalue weighted by Crippen LogP contribution is -2.59. The molecule has 4 aliphatic rings. The maximum Gasteiger partial charge on any atom is 0.421 e. The summed E-state index contributed by atoms with van der Waals surface area (Å²) in [6, 6.07) is 40.9. The summed E-state index contributed by atoms with van der Waals surface area (Å²) >= 11 is 0. The van der Waals surface area contributed by atoms with Crippen molar-refractivity contribution in [2.45, 2.75) is 36.3 Å². The van der Waals surface area contributed by atoms with Crippen molar-refractivity contribution in [2.24, 2.45) is 5.92 Å². The fourth-order valence-electron chi connectivity index (χ4n) is 11.1. The van der Waals surface area contributed by atoms with E-state index in [2.05, 4.69) is 21.8 Å². The number of nitrogens with zero attached hydrogens (tertiary/aromatic N) is 7. The molecule has 4 aliphatic heterocycles. The standard InChI is InChI=1S/C58H47N7O10/c1-73-45-26-17-37(18-27-45)13-14-38-19-28-47-46(35-38)58(55(69)63(47)57(70)74-36-39-15-22-43(23-16-39)65(71)72)48(53(67)61-31-33-62(34-32-61)56-59-29-8-30-60-56)50-54(68)75-51(41-11-6-3-7-12-41)49(40-9-4-2-5-10-40)64(50)52(58)42-20-24-44(66)25-21-42/h2-12,15-30,35,48-52,66H,31-34,36H2,1H3. The van der Waals surface area contributed by atoms with Crippen LogP contribution in [0.15, 0.2) is 170 Å². The van der Waals surface area contributed by atoms with E-state index >= 15 is 14.4 Å². The first kappa shape index (κ1) is 47.9. The molecule has 1 N–H and O–H groups in total. The fourth-order valence-corrected chi connectivity index (χ4v) is 11.1. The zero-order valence-corrected chi connectivity index (χ0v) is 40.3. The van der Waals surface area contributed by atoms with Crippen LogP contribution in [0.3, 0.4) is 0 Å². The first-order valence-corrected chi connectivity index (χ1v) is 24.3. The summed E-state index contributed by atoms with van der Waals surface area (Å²) in [7, 11) is 1.57. The minimum Gasteiger partial charge on any atom is -0.508 e. The second kappa shape index (κ2) is 19.9. The molecule has 6 unspecified atom stereocenters. The number of carbonyl (C=O) groups excluding carboxylic acids is 4. The summed E-state index contributed by atoms with van der Waals surface area (Å²) in [4.78, 5) is 89.9. The van der Waals surface area contributed by atoms with Crippen LogP contribution in [0.2, 0.25) is 0 Å². The fraction of sp³-hybridized carbons (Fsp3) is 0.207. The molecule has 0 saturated carbocycles. The third-order valence-corrected chi connectivity index (χ3v) is 14.5. The molecule has 6 aromatic carbocycles. The summed E-state index contributed by atoms with van der Waals surface area (Å²) in [6.45, 7) is 0.618. The molecule has 3 saturated heterocycles. The van der Waals surface area contributed by atoms with Crippen LogP contribution in [-0.2, 0) is 35.9 Å². The number of phenols is 1. The highest BCUT2D eigenvalue weighted by atomic mass is 16.6. The number of methoxy groups -OCH3 is 1. The average Bonchev–Trinajstić information content (AvgIpc) is 4.01. The Kier molecular flexibility index (Phi) is 12.7. The quantitative estimate of drug-likeness (QED) is 0.0635. The van der Waals surface area contributed by atoms with E-state index in [9.17, 15) is 20.0 Å². The number of morpholine rings is 1. The summed E-state index contributed by atoms with van der Waals surface area (Å²) < 4.78 is 17.9. The minimum absolute atomic E-state index is 0.0687. The third-order valence-electron chi connectivity index (χ3n) is 14.5. The van der Waals surface area contributed by atoms with E-state index in [0.717, 1.165) is 10.5 Å². The number of carbonyl (C=O) groups is 4. The van der Waals surface area contributed by atoms with Crippen molar-refractivity contribution in [3.8, 4) is 23.3 Å². The topological polar surface area (TPSA) is 198 Å². The van der Waals surface area contributed by atoms with E-state index in [1.165, 1.54) is 36.4 Å². The number of piperazine rings is 1. The Hall–Kier alpha value is -9.40. The van der Waals surface area contributed by atoms with Crippen LogP contribution < -0.4 is 14.5 Å². The predicted molar refractivity (Wildman–Crippen MR) is 273 cm³/mol. The molecule has 1 aromatic heterocycles. The van der Waals surface area contributed by atoms with Gasteiger partial charge in [-0.1, -0.05) is 84.6 Å². The van der Waals surface area contributed by atoms with Crippen molar-refractivity contribution in [3.63, 3.8) is 0 Å². The molecular weight excluding hydrogens is 955 g/mol. The van der Waals surface area contributed by atoms with Gasteiger partial charge in [-0.25, -0.2) is 19.7 Å². The van der Waals surface area contributed by atoms with Crippen molar-refractivity contribution in [2.75, 3.05) is 43.1 Å². The first-order chi connectivity index (χ1) is 36.5. The van der Waals surface area contributed by atoms with E-state index in [-0.39, 0.29) is 42.4 Å². The number of anilines is 2. The SMILES string of the molecule is COc1ccc(C#Cc2ccc3c(c2)C2(C(=O)N3C(=O)OCc3ccc([N+](=O)[O-])cc3)C(C(=O)N3CCN(c4ncccn4)CC3)C3C(=O)OC(c4ccccc4)C(c4ccccc4)N3C2c2ccc(O)cc2)cc1. The van der Waals surface area contributed by atoms with Crippen LogP contribution in [0.25, 0.3) is 0 Å². The molecule has 3 amide bonds. The van der Waals surface area contributed by atoms with E-state index in [0.29, 0.717) is 52.6 Å². The number of nitro benzene ring substituents is 1. The summed E-state index contributed by atoms with van der Waals surface area (Å²) in [5.41, 5.74) is 1.39. The number of ether oxygens (including phenoxy) is 3. The lowest BCUT2D eigenvalue weighted by Gasteiger charge is -2.46.